The Morgan fingerprint density at radius 1 is 1.00 bits per heavy atom. The van der Waals surface area contributed by atoms with Crippen LogP contribution in [0.5, 0.6) is 0 Å². The molecule has 2 nitrogen and oxygen atoms in total. The van der Waals surface area contributed by atoms with Crippen LogP contribution in [0.2, 0.25) is 0 Å². The Bertz CT molecular complexity index is 273. The molecular weight excluding hydrogens is 232 g/mol. The van der Waals surface area contributed by atoms with Crippen LogP contribution in [0.15, 0.2) is 0 Å². The molecule has 2 heteroatoms. The summed E-state index contributed by atoms with van der Waals surface area (Å²) in [5.41, 5.74) is 6.74. The molecule has 1 saturated carbocycles. The standard InChI is InChI=1S/C17H34N2/c1-13-9-15(18)10-14(2)12-19(11-13)16-7-5-6-8-17(16,3)4/h13-16H,5-12,18H2,1-4H3. The van der Waals surface area contributed by atoms with Gasteiger partial charge in [0.25, 0.3) is 0 Å². The third-order valence-corrected chi connectivity index (χ3v) is 5.39. The SMILES string of the molecule is CC1CC(N)CC(C)CN(C2CCCCC2(C)C)C1. The summed E-state index contributed by atoms with van der Waals surface area (Å²) >= 11 is 0. The molecule has 1 aliphatic heterocycles. The number of nitrogens with zero attached hydrogens (tertiary/aromatic N) is 1. The Labute approximate surface area is 120 Å². The molecule has 2 rings (SSSR count). The molecule has 0 aromatic rings. The largest absolute Gasteiger partial charge is 0.328 e. The lowest BCUT2D eigenvalue weighted by atomic mass is 9.72. The maximum atomic E-state index is 6.24. The predicted octanol–water partition coefficient (Wildman–Crippen LogP) is 3.65. The summed E-state index contributed by atoms with van der Waals surface area (Å²) in [5.74, 6) is 1.50. The van der Waals surface area contributed by atoms with E-state index >= 15 is 0 Å². The van der Waals surface area contributed by atoms with Crippen molar-refractivity contribution in [1.82, 2.24) is 4.90 Å². The fraction of sp³-hybridized carbons (Fsp3) is 1.00. The summed E-state index contributed by atoms with van der Waals surface area (Å²) in [4.78, 5) is 2.82. The van der Waals surface area contributed by atoms with Crippen LogP contribution in [0.4, 0.5) is 0 Å². The van der Waals surface area contributed by atoms with Gasteiger partial charge < -0.3 is 5.73 Å². The Morgan fingerprint density at radius 2 is 1.58 bits per heavy atom. The Morgan fingerprint density at radius 3 is 2.11 bits per heavy atom. The summed E-state index contributed by atoms with van der Waals surface area (Å²) in [6.07, 6.45) is 8.05. The number of hydrogen-bond acceptors (Lipinski definition) is 2. The molecule has 3 unspecified atom stereocenters. The average Bonchev–Trinajstić information content (AvgIpc) is 2.25. The molecule has 0 amide bonds. The normalized spacial score (nSPS) is 41.5. The smallest absolute Gasteiger partial charge is 0.0147 e. The van der Waals surface area contributed by atoms with Crippen LogP contribution in [-0.4, -0.2) is 30.1 Å². The fourth-order valence-corrected chi connectivity index (χ4v) is 4.56. The van der Waals surface area contributed by atoms with Crippen molar-refractivity contribution in [3.05, 3.63) is 0 Å². The van der Waals surface area contributed by atoms with Crippen LogP contribution < -0.4 is 5.73 Å². The molecular formula is C17H34N2. The Hall–Kier alpha value is -0.0800. The van der Waals surface area contributed by atoms with E-state index in [-0.39, 0.29) is 0 Å². The third kappa shape index (κ3) is 3.95. The van der Waals surface area contributed by atoms with Gasteiger partial charge in [0.2, 0.25) is 0 Å². The molecule has 112 valence electrons. The van der Waals surface area contributed by atoms with Crippen molar-refractivity contribution in [3.8, 4) is 0 Å². The van der Waals surface area contributed by atoms with E-state index in [1.165, 1.54) is 51.6 Å². The first-order chi connectivity index (χ1) is 8.88. The molecule has 3 atom stereocenters. The lowest BCUT2D eigenvalue weighted by Crippen LogP contribution is -2.51. The third-order valence-electron chi connectivity index (χ3n) is 5.39. The highest BCUT2D eigenvalue weighted by Crippen LogP contribution is 2.39. The second-order valence-corrected chi connectivity index (χ2v) is 8.15. The van der Waals surface area contributed by atoms with Gasteiger partial charge in [-0.25, -0.2) is 0 Å². The van der Waals surface area contributed by atoms with Crippen molar-refractivity contribution in [2.45, 2.75) is 78.3 Å². The first-order valence-corrected chi connectivity index (χ1v) is 8.38. The van der Waals surface area contributed by atoms with E-state index in [2.05, 4.69) is 32.6 Å². The molecule has 0 aromatic carbocycles. The van der Waals surface area contributed by atoms with E-state index in [0.29, 0.717) is 11.5 Å². The van der Waals surface area contributed by atoms with Crippen LogP contribution in [-0.2, 0) is 0 Å². The van der Waals surface area contributed by atoms with Crippen LogP contribution in [0.3, 0.4) is 0 Å². The monoisotopic (exact) mass is 266 g/mol. The average molecular weight is 266 g/mol. The highest BCUT2D eigenvalue weighted by atomic mass is 15.2. The van der Waals surface area contributed by atoms with Gasteiger partial charge in [0.1, 0.15) is 0 Å². The molecule has 0 radical (unpaired) electrons. The first kappa shape index (κ1) is 15.3. The molecule has 0 aromatic heterocycles. The Kier molecular flexibility index (Phi) is 4.94. The van der Waals surface area contributed by atoms with Gasteiger partial charge in [-0.15, -0.1) is 0 Å². The van der Waals surface area contributed by atoms with Crippen molar-refractivity contribution in [2.75, 3.05) is 13.1 Å². The zero-order valence-corrected chi connectivity index (χ0v) is 13.5. The zero-order chi connectivity index (χ0) is 14.0. The second kappa shape index (κ2) is 6.13. The summed E-state index contributed by atoms with van der Waals surface area (Å²) < 4.78 is 0. The van der Waals surface area contributed by atoms with Crippen LogP contribution >= 0.6 is 0 Å². The van der Waals surface area contributed by atoms with Crippen molar-refractivity contribution in [1.29, 1.82) is 0 Å². The summed E-state index contributed by atoms with van der Waals surface area (Å²) in [5, 5.41) is 0. The predicted molar refractivity (Wildman–Crippen MR) is 83.1 cm³/mol. The van der Waals surface area contributed by atoms with Gasteiger partial charge in [-0.2, -0.15) is 0 Å². The molecule has 1 heterocycles. The van der Waals surface area contributed by atoms with E-state index in [0.717, 1.165) is 17.9 Å². The van der Waals surface area contributed by atoms with Crippen molar-refractivity contribution in [3.63, 3.8) is 0 Å². The van der Waals surface area contributed by atoms with E-state index in [4.69, 9.17) is 5.73 Å². The molecule has 19 heavy (non-hydrogen) atoms. The zero-order valence-electron chi connectivity index (χ0n) is 13.5. The summed E-state index contributed by atoms with van der Waals surface area (Å²) in [7, 11) is 0. The van der Waals surface area contributed by atoms with Gasteiger partial charge in [-0.1, -0.05) is 40.5 Å². The summed E-state index contributed by atoms with van der Waals surface area (Å²) in [6.45, 7) is 12.3. The lowest BCUT2D eigenvalue weighted by molar-refractivity contribution is 0.0210. The second-order valence-electron chi connectivity index (χ2n) is 8.15. The van der Waals surface area contributed by atoms with Crippen LogP contribution in [0, 0.1) is 17.3 Å². The van der Waals surface area contributed by atoms with Crippen LogP contribution in [0.1, 0.15) is 66.2 Å². The van der Waals surface area contributed by atoms with Gasteiger partial charge in [0.05, 0.1) is 0 Å². The van der Waals surface area contributed by atoms with Crippen molar-refractivity contribution >= 4 is 0 Å². The maximum Gasteiger partial charge on any atom is 0.0147 e. The van der Waals surface area contributed by atoms with Crippen LogP contribution in [0.25, 0.3) is 0 Å². The van der Waals surface area contributed by atoms with Gasteiger partial charge in [0.15, 0.2) is 0 Å². The highest BCUT2D eigenvalue weighted by molar-refractivity contribution is 4.92. The Balaban J connectivity index is 2.08. The maximum absolute atomic E-state index is 6.24. The highest BCUT2D eigenvalue weighted by Gasteiger charge is 2.37. The van der Waals surface area contributed by atoms with Gasteiger partial charge in [-0.05, 0) is 42.9 Å². The summed E-state index contributed by atoms with van der Waals surface area (Å²) in [6, 6.07) is 1.21. The van der Waals surface area contributed by atoms with E-state index < -0.39 is 0 Å². The quantitative estimate of drug-likeness (QED) is 0.785. The number of rotatable bonds is 1. The van der Waals surface area contributed by atoms with Crippen molar-refractivity contribution < 1.29 is 0 Å². The minimum absolute atomic E-state index is 0.423. The van der Waals surface area contributed by atoms with E-state index in [9.17, 15) is 0 Å². The molecule has 2 fully saturated rings. The fourth-order valence-electron chi connectivity index (χ4n) is 4.56. The van der Waals surface area contributed by atoms with E-state index in [1.54, 1.807) is 0 Å². The molecule has 2 N–H and O–H groups in total. The topological polar surface area (TPSA) is 29.3 Å². The van der Waals surface area contributed by atoms with Gasteiger partial charge in [0, 0.05) is 25.2 Å². The molecule has 2 aliphatic rings. The van der Waals surface area contributed by atoms with Crippen molar-refractivity contribution in [2.24, 2.45) is 23.0 Å². The minimum Gasteiger partial charge on any atom is -0.328 e. The molecule has 0 spiro atoms. The first-order valence-electron chi connectivity index (χ1n) is 8.38. The molecule has 1 aliphatic carbocycles. The number of likely N-dealkylation sites (tertiary alicyclic amines) is 1. The molecule has 0 bridgehead atoms. The van der Waals surface area contributed by atoms with E-state index in [1.807, 2.05) is 0 Å². The number of nitrogens with two attached hydrogens (primary N) is 1. The molecule has 1 saturated heterocycles. The number of hydrogen-bond donors (Lipinski definition) is 1. The minimum atomic E-state index is 0.423. The lowest BCUT2D eigenvalue weighted by Gasteiger charge is -2.48. The van der Waals surface area contributed by atoms with Gasteiger partial charge in [-0.3, -0.25) is 4.90 Å². The van der Waals surface area contributed by atoms with Gasteiger partial charge >= 0.3 is 0 Å².